The van der Waals surface area contributed by atoms with E-state index < -0.39 is 10.0 Å². The van der Waals surface area contributed by atoms with Crippen LogP contribution in [0.25, 0.3) is 0 Å². The van der Waals surface area contributed by atoms with Gasteiger partial charge in [0, 0.05) is 19.6 Å². The lowest BCUT2D eigenvalue weighted by atomic mass is 10.2. The smallest absolute Gasteiger partial charge is 0.211 e. The Labute approximate surface area is 157 Å². The molecular formula is C18H32N4O3S. The molecule has 1 unspecified atom stereocenters. The number of nitrogens with one attached hydrogen (secondary N) is 3. The van der Waals surface area contributed by atoms with E-state index in [2.05, 4.69) is 20.3 Å². The van der Waals surface area contributed by atoms with Crippen LogP contribution in [0, 0.1) is 6.92 Å². The van der Waals surface area contributed by atoms with E-state index >= 15 is 0 Å². The maximum absolute atomic E-state index is 11.4. The molecular weight excluding hydrogens is 352 g/mol. The Morgan fingerprint density at radius 1 is 1.19 bits per heavy atom. The van der Waals surface area contributed by atoms with E-state index in [1.165, 1.54) is 0 Å². The fourth-order valence-corrected chi connectivity index (χ4v) is 2.79. The van der Waals surface area contributed by atoms with Gasteiger partial charge >= 0.3 is 0 Å². The van der Waals surface area contributed by atoms with E-state index in [9.17, 15) is 8.42 Å². The Morgan fingerprint density at radius 2 is 1.92 bits per heavy atom. The van der Waals surface area contributed by atoms with Crippen molar-refractivity contribution in [3.63, 3.8) is 0 Å². The van der Waals surface area contributed by atoms with Gasteiger partial charge in [0.2, 0.25) is 10.0 Å². The van der Waals surface area contributed by atoms with Crippen LogP contribution in [-0.4, -0.2) is 52.4 Å². The van der Waals surface area contributed by atoms with Gasteiger partial charge in [-0.05, 0) is 45.7 Å². The number of aryl methyl sites for hydroxylation is 1. The largest absolute Gasteiger partial charge is 0.489 e. The number of hydrogen-bond donors (Lipinski definition) is 3. The standard InChI is InChI=1S/C18H32N4O3S/c1-5-19-18(20-12-9-13-22-26(23,24)6-2)21-14-16(4)25-17-11-8-7-10-15(17)3/h7-8,10-11,16,22H,5-6,9,12-14H2,1-4H3,(H2,19,20,21). The molecule has 0 amide bonds. The lowest BCUT2D eigenvalue weighted by Gasteiger charge is -2.16. The fourth-order valence-electron chi connectivity index (χ4n) is 2.13. The van der Waals surface area contributed by atoms with Gasteiger partial charge in [-0.2, -0.15) is 0 Å². The van der Waals surface area contributed by atoms with Crippen LogP contribution >= 0.6 is 0 Å². The van der Waals surface area contributed by atoms with Gasteiger partial charge in [-0.3, -0.25) is 0 Å². The molecule has 0 saturated heterocycles. The predicted molar refractivity (Wildman–Crippen MR) is 107 cm³/mol. The predicted octanol–water partition coefficient (Wildman–Crippen LogP) is 1.65. The van der Waals surface area contributed by atoms with Crippen LogP contribution in [-0.2, 0) is 10.0 Å². The first-order chi connectivity index (χ1) is 12.4. The highest BCUT2D eigenvalue weighted by molar-refractivity contribution is 7.89. The third-order valence-corrected chi connectivity index (χ3v) is 5.02. The van der Waals surface area contributed by atoms with Crippen molar-refractivity contribution >= 4 is 16.0 Å². The Bertz CT molecular complexity index is 662. The molecule has 0 fully saturated rings. The number of hydrogen-bond acceptors (Lipinski definition) is 4. The first kappa shape index (κ1) is 22.2. The van der Waals surface area contributed by atoms with Gasteiger partial charge in [0.15, 0.2) is 5.96 Å². The molecule has 0 saturated carbocycles. The van der Waals surface area contributed by atoms with Crippen molar-refractivity contribution < 1.29 is 13.2 Å². The van der Waals surface area contributed by atoms with E-state index in [1.54, 1.807) is 6.92 Å². The lowest BCUT2D eigenvalue weighted by Crippen LogP contribution is -2.39. The molecule has 7 nitrogen and oxygen atoms in total. The lowest BCUT2D eigenvalue weighted by molar-refractivity contribution is 0.228. The van der Waals surface area contributed by atoms with Gasteiger partial charge in [0.05, 0.1) is 12.3 Å². The van der Waals surface area contributed by atoms with Crippen LogP contribution in [0.3, 0.4) is 0 Å². The average molecular weight is 385 g/mol. The van der Waals surface area contributed by atoms with Gasteiger partial charge in [0.25, 0.3) is 0 Å². The van der Waals surface area contributed by atoms with E-state index in [4.69, 9.17) is 4.74 Å². The molecule has 0 radical (unpaired) electrons. The molecule has 1 atom stereocenters. The van der Waals surface area contributed by atoms with Crippen LogP contribution in [0.5, 0.6) is 5.75 Å². The van der Waals surface area contributed by atoms with E-state index in [0.717, 1.165) is 17.9 Å². The first-order valence-electron chi connectivity index (χ1n) is 9.09. The molecule has 26 heavy (non-hydrogen) atoms. The van der Waals surface area contributed by atoms with Crippen LogP contribution in [0.4, 0.5) is 0 Å². The van der Waals surface area contributed by atoms with Crippen molar-refractivity contribution in [3.8, 4) is 5.75 Å². The summed E-state index contributed by atoms with van der Waals surface area (Å²) < 4.78 is 31.2. The number of aliphatic imine (C=N–C) groups is 1. The highest BCUT2D eigenvalue weighted by Gasteiger charge is 2.07. The van der Waals surface area contributed by atoms with Crippen LogP contribution in [0.2, 0.25) is 0 Å². The van der Waals surface area contributed by atoms with Gasteiger partial charge in [-0.25, -0.2) is 18.1 Å². The van der Waals surface area contributed by atoms with Crippen LogP contribution < -0.4 is 20.1 Å². The number of ether oxygens (including phenoxy) is 1. The molecule has 0 aliphatic carbocycles. The zero-order valence-electron chi connectivity index (χ0n) is 16.2. The summed E-state index contributed by atoms with van der Waals surface area (Å²) in [6, 6.07) is 7.91. The minimum absolute atomic E-state index is 0.0529. The molecule has 0 aromatic heterocycles. The Kier molecular flexibility index (Phi) is 10.0. The molecule has 3 N–H and O–H groups in total. The summed E-state index contributed by atoms with van der Waals surface area (Å²) in [6.45, 7) is 9.94. The summed E-state index contributed by atoms with van der Waals surface area (Å²) in [5, 5.41) is 6.38. The molecule has 0 aliphatic heterocycles. The Balaban J connectivity index is 2.41. The Morgan fingerprint density at radius 3 is 2.58 bits per heavy atom. The van der Waals surface area contributed by atoms with Gasteiger partial charge in [-0.1, -0.05) is 18.2 Å². The fraction of sp³-hybridized carbons (Fsp3) is 0.611. The molecule has 0 aliphatic rings. The highest BCUT2D eigenvalue weighted by atomic mass is 32.2. The summed E-state index contributed by atoms with van der Waals surface area (Å²) in [6.07, 6.45) is 0.627. The van der Waals surface area contributed by atoms with Crippen molar-refractivity contribution in [1.82, 2.24) is 15.4 Å². The van der Waals surface area contributed by atoms with Crippen molar-refractivity contribution in [2.75, 3.05) is 31.9 Å². The number of para-hydroxylation sites is 1. The summed E-state index contributed by atoms with van der Waals surface area (Å²) in [4.78, 5) is 4.53. The Hall–Kier alpha value is -1.80. The van der Waals surface area contributed by atoms with E-state index in [1.807, 2.05) is 45.0 Å². The second-order valence-electron chi connectivity index (χ2n) is 5.99. The second-order valence-corrected chi connectivity index (χ2v) is 8.09. The zero-order chi connectivity index (χ0) is 19.4. The maximum atomic E-state index is 11.4. The minimum atomic E-state index is -3.13. The van der Waals surface area contributed by atoms with Gasteiger partial charge in [0.1, 0.15) is 11.9 Å². The number of guanidine groups is 1. The van der Waals surface area contributed by atoms with E-state index in [0.29, 0.717) is 32.0 Å². The summed E-state index contributed by atoms with van der Waals surface area (Å²) in [7, 11) is -3.13. The molecule has 0 bridgehead atoms. The third-order valence-electron chi connectivity index (χ3n) is 3.62. The molecule has 1 aromatic rings. The zero-order valence-corrected chi connectivity index (χ0v) is 17.0. The second kappa shape index (κ2) is 11.7. The van der Waals surface area contributed by atoms with Crippen LogP contribution in [0.1, 0.15) is 32.8 Å². The maximum Gasteiger partial charge on any atom is 0.211 e. The summed E-state index contributed by atoms with van der Waals surface area (Å²) in [5.41, 5.74) is 1.10. The SMILES string of the molecule is CCNC(=NCC(C)Oc1ccccc1C)NCCCNS(=O)(=O)CC. The van der Waals surface area contributed by atoms with Crippen LogP contribution in [0.15, 0.2) is 29.3 Å². The molecule has 0 heterocycles. The number of sulfonamides is 1. The molecule has 1 rings (SSSR count). The average Bonchev–Trinajstić information content (AvgIpc) is 2.61. The van der Waals surface area contributed by atoms with Crippen molar-refractivity contribution in [2.45, 2.75) is 40.2 Å². The van der Waals surface area contributed by atoms with E-state index in [-0.39, 0.29) is 11.9 Å². The van der Waals surface area contributed by atoms with Gasteiger partial charge in [-0.15, -0.1) is 0 Å². The monoisotopic (exact) mass is 384 g/mol. The molecule has 0 spiro atoms. The number of benzene rings is 1. The third kappa shape index (κ3) is 9.05. The van der Waals surface area contributed by atoms with Crippen molar-refractivity contribution in [3.05, 3.63) is 29.8 Å². The normalized spacial score (nSPS) is 13.3. The topological polar surface area (TPSA) is 91.8 Å². The molecule has 8 heteroatoms. The quantitative estimate of drug-likeness (QED) is 0.306. The number of rotatable bonds is 11. The molecule has 1 aromatic carbocycles. The van der Waals surface area contributed by atoms with Crippen molar-refractivity contribution in [1.29, 1.82) is 0 Å². The summed E-state index contributed by atoms with van der Waals surface area (Å²) in [5.74, 6) is 1.67. The summed E-state index contributed by atoms with van der Waals surface area (Å²) >= 11 is 0. The van der Waals surface area contributed by atoms with Crippen molar-refractivity contribution in [2.24, 2.45) is 4.99 Å². The number of nitrogens with zero attached hydrogens (tertiary/aromatic N) is 1. The first-order valence-corrected chi connectivity index (χ1v) is 10.7. The highest BCUT2D eigenvalue weighted by Crippen LogP contribution is 2.17. The minimum Gasteiger partial charge on any atom is -0.489 e. The molecule has 148 valence electrons. The van der Waals surface area contributed by atoms with Gasteiger partial charge < -0.3 is 15.4 Å².